The van der Waals surface area contributed by atoms with Crippen LogP contribution in [-0.2, 0) is 13.5 Å². The van der Waals surface area contributed by atoms with Crippen molar-refractivity contribution < 1.29 is 0 Å². The van der Waals surface area contributed by atoms with Crippen molar-refractivity contribution in [3.8, 4) is 0 Å². The number of nitrogens with two attached hydrogens (primary N) is 1. The van der Waals surface area contributed by atoms with Crippen molar-refractivity contribution in [3.63, 3.8) is 0 Å². The topological polar surface area (TPSA) is 47.1 Å². The Morgan fingerprint density at radius 3 is 2.92 bits per heavy atom. The summed E-state index contributed by atoms with van der Waals surface area (Å²) in [5, 5.41) is 0. The van der Waals surface area contributed by atoms with Crippen molar-refractivity contribution in [2.45, 2.75) is 12.5 Å². The third kappa shape index (κ3) is 1.89. The van der Waals surface area contributed by atoms with Gasteiger partial charge in [-0.3, -0.25) is 4.90 Å². The summed E-state index contributed by atoms with van der Waals surface area (Å²) in [6.45, 7) is 3.17. The van der Waals surface area contributed by atoms with Crippen molar-refractivity contribution in [3.05, 3.63) is 18.2 Å². The number of imidazole rings is 1. The number of likely N-dealkylation sites (tertiary alicyclic amines) is 1. The number of hydrogen-bond donors (Lipinski definition) is 1. The summed E-state index contributed by atoms with van der Waals surface area (Å²) in [4.78, 5) is 6.63. The molecule has 2 N–H and O–H groups in total. The van der Waals surface area contributed by atoms with Crippen LogP contribution >= 0.6 is 0 Å². The molecule has 1 aromatic heterocycles. The van der Waals surface area contributed by atoms with E-state index in [9.17, 15) is 0 Å². The SMILES string of the molecule is Cn1ccnc1CCN1CC(N)C1. The molecule has 2 heterocycles. The maximum atomic E-state index is 5.69. The van der Waals surface area contributed by atoms with Gasteiger partial charge < -0.3 is 10.3 Å². The van der Waals surface area contributed by atoms with E-state index in [1.165, 1.54) is 0 Å². The van der Waals surface area contributed by atoms with Gasteiger partial charge in [0.25, 0.3) is 0 Å². The molecule has 72 valence electrons. The molecule has 0 aliphatic carbocycles. The van der Waals surface area contributed by atoms with E-state index in [0.717, 1.165) is 31.9 Å². The highest BCUT2D eigenvalue weighted by Gasteiger charge is 2.22. The van der Waals surface area contributed by atoms with Crippen molar-refractivity contribution >= 4 is 0 Å². The van der Waals surface area contributed by atoms with Crippen LogP contribution in [0.2, 0.25) is 0 Å². The van der Waals surface area contributed by atoms with E-state index in [0.29, 0.717) is 6.04 Å². The molecular weight excluding hydrogens is 164 g/mol. The number of aryl methyl sites for hydroxylation is 1. The Bertz CT molecular complexity index is 275. The number of aromatic nitrogens is 2. The lowest BCUT2D eigenvalue weighted by atomic mass is 10.1. The van der Waals surface area contributed by atoms with Gasteiger partial charge in [-0.05, 0) is 0 Å². The van der Waals surface area contributed by atoms with Gasteiger partial charge >= 0.3 is 0 Å². The first-order valence-electron chi connectivity index (χ1n) is 4.70. The van der Waals surface area contributed by atoms with Gasteiger partial charge in [-0.25, -0.2) is 4.98 Å². The van der Waals surface area contributed by atoms with Gasteiger partial charge in [-0.1, -0.05) is 0 Å². The molecule has 2 rings (SSSR count). The Labute approximate surface area is 78.4 Å². The zero-order chi connectivity index (χ0) is 9.26. The molecule has 0 unspecified atom stereocenters. The molecule has 1 aromatic rings. The Kier molecular flexibility index (Phi) is 2.33. The fourth-order valence-electron chi connectivity index (χ4n) is 1.69. The zero-order valence-corrected chi connectivity index (χ0v) is 7.98. The molecule has 1 aliphatic rings. The highest BCUT2D eigenvalue weighted by atomic mass is 15.2. The second kappa shape index (κ2) is 3.47. The molecule has 0 saturated carbocycles. The summed E-state index contributed by atoms with van der Waals surface area (Å²) in [7, 11) is 2.03. The molecule has 0 amide bonds. The Morgan fingerprint density at radius 2 is 2.38 bits per heavy atom. The van der Waals surface area contributed by atoms with Crippen molar-refractivity contribution in [1.29, 1.82) is 0 Å². The zero-order valence-electron chi connectivity index (χ0n) is 7.98. The largest absolute Gasteiger partial charge is 0.338 e. The van der Waals surface area contributed by atoms with E-state index < -0.39 is 0 Å². The van der Waals surface area contributed by atoms with Crippen LogP contribution in [0.25, 0.3) is 0 Å². The van der Waals surface area contributed by atoms with E-state index in [1.54, 1.807) is 0 Å². The van der Waals surface area contributed by atoms with Crippen molar-refractivity contribution in [2.75, 3.05) is 19.6 Å². The molecule has 13 heavy (non-hydrogen) atoms. The third-order valence-electron chi connectivity index (χ3n) is 2.56. The van der Waals surface area contributed by atoms with Crippen LogP contribution in [0.15, 0.2) is 12.4 Å². The van der Waals surface area contributed by atoms with E-state index in [4.69, 9.17) is 5.73 Å². The minimum atomic E-state index is 0.404. The van der Waals surface area contributed by atoms with Gasteiger partial charge in [0, 0.05) is 51.5 Å². The summed E-state index contributed by atoms with van der Waals surface area (Å²) in [5.41, 5.74) is 5.69. The first-order valence-corrected chi connectivity index (χ1v) is 4.70. The molecular formula is C9H16N4. The lowest BCUT2D eigenvalue weighted by molar-refractivity contribution is 0.152. The maximum Gasteiger partial charge on any atom is 0.109 e. The van der Waals surface area contributed by atoms with Crippen LogP contribution in [0.5, 0.6) is 0 Å². The molecule has 0 radical (unpaired) electrons. The molecule has 0 atom stereocenters. The number of rotatable bonds is 3. The molecule has 0 aromatic carbocycles. The first-order chi connectivity index (χ1) is 6.25. The standard InChI is InChI=1S/C9H16N4/c1-12-5-3-11-9(12)2-4-13-6-8(10)7-13/h3,5,8H,2,4,6-7,10H2,1H3. The van der Waals surface area contributed by atoms with E-state index in [2.05, 4.69) is 14.5 Å². The molecule has 0 spiro atoms. The Hall–Kier alpha value is -0.870. The van der Waals surface area contributed by atoms with Gasteiger partial charge in [0.2, 0.25) is 0 Å². The molecule has 1 saturated heterocycles. The number of hydrogen-bond acceptors (Lipinski definition) is 3. The number of nitrogens with zero attached hydrogens (tertiary/aromatic N) is 3. The maximum absolute atomic E-state index is 5.69. The van der Waals surface area contributed by atoms with Gasteiger partial charge in [0.1, 0.15) is 5.82 Å². The summed E-state index contributed by atoms with van der Waals surface area (Å²) >= 11 is 0. The van der Waals surface area contributed by atoms with Crippen molar-refractivity contribution in [1.82, 2.24) is 14.5 Å². The van der Waals surface area contributed by atoms with Gasteiger partial charge in [-0.2, -0.15) is 0 Å². The van der Waals surface area contributed by atoms with Crippen LogP contribution in [0.4, 0.5) is 0 Å². The van der Waals surface area contributed by atoms with Crippen molar-refractivity contribution in [2.24, 2.45) is 12.8 Å². The Morgan fingerprint density at radius 1 is 1.62 bits per heavy atom. The van der Waals surface area contributed by atoms with Crippen LogP contribution in [0, 0.1) is 0 Å². The van der Waals surface area contributed by atoms with Crippen LogP contribution in [0.3, 0.4) is 0 Å². The summed E-state index contributed by atoms with van der Waals surface area (Å²) < 4.78 is 2.07. The highest BCUT2D eigenvalue weighted by molar-refractivity contribution is 4.93. The minimum Gasteiger partial charge on any atom is -0.338 e. The Balaban J connectivity index is 1.77. The average Bonchev–Trinajstić information content (AvgIpc) is 2.43. The van der Waals surface area contributed by atoms with Crippen LogP contribution in [-0.4, -0.2) is 40.1 Å². The predicted molar refractivity (Wildman–Crippen MR) is 51.3 cm³/mol. The monoisotopic (exact) mass is 180 g/mol. The smallest absolute Gasteiger partial charge is 0.109 e. The normalized spacial score (nSPS) is 18.9. The van der Waals surface area contributed by atoms with Gasteiger partial charge in [0.15, 0.2) is 0 Å². The third-order valence-corrected chi connectivity index (χ3v) is 2.56. The second-order valence-corrected chi connectivity index (χ2v) is 3.72. The molecule has 1 aliphatic heterocycles. The fraction of sp³-hybridized carbons (Fsp3) is 0.667. The lowest BCUT2D eigenvalue weighted by Crippen LogP contribution is -2.56. The minimum absolute atomic E-state index is 0.404. The molecule has 0 bridgehead atoms. The summed E-state index contributed by atoms with van der Waals surface area (Å²) in [6, 6.07) is 0.404. The fourth-order valence-corrected chi connectivity index (χ4v) is 1.69. The van der Waals surface area contributed by atoms with Gasteiger partial charge in [0.05, 0.1) is 0 Å². The summed E-state index contributed by atoms with van der Waals surface area (Å²) in [6.07, 6.45) is 4.85. The average molecular weight is 180 g/mol. The molecule has 1 fully saturated rings. The first kappa shape index (κ1) is 8.72. The summed E-state index contributed by atoms with van der Waals surface area (Å²) in [5.74, 6) is 1.15. The molecule has 4 heteroatoms. The van der Waals surface area contributed by atoms with E-state index in [1.807, 2.05) is 19.4 Å². The predicted octanol–water partition coefficient (Wildman–Crippen LogP) is -0.394. The van der Waals surface area contributed by atoms with E-state index >= 15 is 0 Å². The van der Waals surface area contributed by atoms with Crippen LogP contribution in [0.1, 0.15) is 5.82 Å². The lowest BCUT2D eigenvalue weighted by Gasteiger charge is -2.36. The molecule has 4 nitrogen and oxygen atoms in total. The van der Waals surface area contributed by atoms with E-state index in [-0.39, 0.29) is 0 Å². The second-order valence-electron chi connectivity index (χ2n) is 3.72. The highest BCUT2D eigenvalue weighted by Crippen LogP contribution is 2.06. The van der Waals surface area contributed by atoms with Crippen LogP contribution < -0.4 is 5.73 Å². The van der Waals surface area contributed by atoms with Gasteiger partial charge in [-0.15, -0.1) is 0 Å². The quantitative estimate of drug-likeness (QED) is 0.689.